The highest BCUT2D eigenvalue weighted by molar-refractivity contribution is 5.88. The van der Waals surface area contributed by atoms with Crippen molar-refractivity contribution in [1.29, 1.82) is 0 Å². The Morgan fingerprint density at radius 3 is 3.18 bits per heavy atom. The second-order valence-electron chi connectivity index (χ2n) is 3.57. The van der Waals surface area contributed by atoms with Crippen LogP contribution in [0.2, 0.25) is 0 Å². The van der Waals surface area contributed by atoms with Gasteiger partial charge in [-0.3, -0.25) is 4.68 Å². The minimum atomic E-state index is -0.348. The van der Waals surface area contributed by atoms with Gasteiger partial charge in [-0.2, -0.15) is 5.10 Å². The number of hydrogen-bond acceptors (Lipinski definition) is 4. The molecule has 0 spiro atoms. The molecule has 0 saturated carbocycles. The van der Waals surface area contributed by atoms with E-state index in [-0.39, 0.29) is 5.97 Å². The van der Waals surface area contributed by atoms with Crippen molar-refractivity contribution < 1.29 is 9.53 Å². The van der Waals surface area contributed by atoms with Crippen molar-refractivity contribution in [3.8, 4) is 0 Å². The fraction of sp³-hybridized carbons (Fsp3) is 0.250. The van der Waals surface area contributed by atoms with Gasteiger partial charge in [-0.15, -0.1) is 0 Å². The molecule has 0 unspecified atom stereocenters. The van der Waals surface area contributed by atoms with E-state index in [1.807, 2.05) is 19.3 Å². The van der Waals surface area contributed by atoms with Crippen molar-refractivity contribution in [2.24, 2.45) is 7.05 Å². The lowest BCUT2D eigenvalue weighted by Crippen LogP contribution is -1.98. The van der Waals surface area contributed by atoms with E-state index < -0.39 is 0 Å². The topological polar surface area (TPSA) is 57.0 Å². The summed E-state index contributed by atoms with van der Waals surface area (Å²) in [4.78, 5) is 15.3. The molecule has 0 aliphatic carbocycles. The molecule has 2 aromatic heterocycles. The molecule has 5 heteroatoms. The van der Waals surface area contributed by atoms with Crippen molar-refractivity contribution in [2.45, 2.75) is 6.92 Å². The molecule has 2 heterocycles. The van der Waals surface area contributed by atoms with Crippen LogP contribution in [0.4, 0.5) is 0 Å². The second kappa shape index (κ2) is 4.78. The van der Waals surface area contributed by atoms with Crippen LogP contribution in [0.5, 0.6) is 0 Å². The van der Waals surface area contributed by atoms with E-state index in [0.717, 1.165) is 10.9 Å². The number of carbonyl (C=O) groups is 1. The van der Waals surface area contributed by atoms with E-state index in [9.17, 15) is 4.79 Å². The fourth-order valence-electron chi connectivity index (χ4n) is 1.50. The standard InChI is InChI=1S/C12H13N3O2/c1-3-17-11(16)5-4-9-6-10-8-15(2)14-12(10)13-7-9/h4-8H,3H2,1-2H3/b5-4+. The molecule has 0 atom stereocenters. The molecule has 0 amide bonds. The summed E-state index contributed by atoms with van der Waals surface area (Å²) in [5.41, 5.74) is 1.54. The third-order valence-electron chi connectivity index (χ3n) is 2.19. The number of esters is 1. The van der Waals surface area contributed by atoms with Crippen molar-refractivity contribution in [3.05, 3.63) is 30.1 Å². The largest absolute Gasteiger partial charge is 0.463 e. The lowest BCUT2D eigenvalue weighted by atomic mass is 10.2. The minimum absolute atomic E-state index is 0.348. The van der Waals surface area contributed by atoms with Gasteiger partial charge >= 0.3 is 5.97 Å². The van der Waals surface area contributed by atoms with Gasteiger partial charge in [-0.05, 0) is 24.6 Å². The van der Waals surface area contributed by atoms with Gasteiger partial charge in [0.1, 0.15) is 0 Å². The van der Waals surface area contributed by atoms with Crippen molar-refractivity contribution >= 4 is 23.1 Å². The van der Waals surface area contributed by atoms with E-state index >= 15 is 0 Å². The lowest BCUT2D eigenvalue weighted by Gasteiger charge is -1.95. The zero-order valence-corrected chi connectivity index (χ0v) is 9.75. The summed E-state index contributed by atoms with van der Waals surface area (Å²) in [5, 5.41) is 5.11. The highest BCUT2D eigenvalue weighted by atomic mass is 16.5. The van der Waals surface area contributed by atoms with Crippen LogP contribution < -0.4 is 0 Å². The van der Waals surface area contributed by atoms with Gasteiger partial charge in [0.2, 0.25) is 0 Å². The normalized spacial score (nSPS) is 11.2. The van der Waals surface area contributed by atoms with E-state index in [0.29, 0.717) is 12.3 Å². The predicted molar refractivity (Wildman–Crippen MR) is 64.2 cm³/mol. The molecule has 2 aromatic rings. The summed E-state index contributed by atoms with van der Waals surface area (Å²) in [6.45, 7) is 2.15. The molecule has 0 aromatic carbocycles. The number of aryl methyl sites for hydroxylation is 1. The molecule has 0 saturated heterocycles. The molecule has 88 valence electrons. The zero-order valence-electron chi connectivity index (χ0n) is 9.75. The average Bonchev–Trinajstić information content (AvgIpc) is 2.66. The van der Waals surface area contributed by atoms with Crippen LogP contribution in [-0.2, 0) is 16.6 Å². The molecule has 0 bridgehead atoms. The number of hydrogen-bond donors (Lipinski definition) is 0. The molecule has 0 fully saturated rings. The van der Waals surface area contributed by atoms with Crippen LogP contribution in [0.3, 0.4) is 0 Å². The first-order valence-electron chi connectivity index (χ1n) is 5.33. The van der Waals surface area contributed by atoms with E-state index in [1.54, 1.807) is 23.9 Å². The number of rotatable bonds is 3. The van der Waals surface area contributed by atoms with Crippen molar-refractivity contribution in [2.75, 3.05) is 6.61 Å². The quantitative estimate of drug-likeness (QED) is 0.594. The van der Waals surface area contributed by atoms with Crippen LogP contribution in [0.25, 0.3) is 17.1 Å². The number of fused-ring (bicyclic) bond motifs is 1. The summed E-state index contributed by atoms with van der Waals surface area (Å²) in [6, 6.07) is 1.92. The SMILES string of the molecule is CCOC(=O)/C=C/c1cnc2nn(C)cc2c1. The molecule has 17 heavy (non-hydrogen) atoms. The van der Waals surface area contributed by atoms with Gasteiger partial charge in [0.15, 0.2) is 5.65 Å². The van der Waals surface area contributed by atoms with Gasteiger partial charge < -0.3 is 4.74 Å². The zero-order chi connectivity index (χ0) is 12.3. The number of nitrogens with zero attached hydrogens (tertiary/aromatic N) is 3. The Morgan fingerprint density at radius 2 is 2.41 bits per heavy atom. The van der Waals surface area contributed by atoms with Crippen molar-refractivity contribution in [3.63, 3.8) is 0 Å². The molecular formula is C12H13N3O2. The Bertz CT molecular complexity index is 572. The van der Waals surface area contributed by atoms with Gasteiger partial charge in [-0.1, -0.05) is 0 Å². The van der Waals surface area contributed by atoms with Crippen LogP contribution in [-0.4, -0.2) is 27.3 Å². The highest BCUT2D eigenvalue weighted by Gasteiger charge is 2.00. The highest BCUT2D eigenvalue weighted by Crippen LogP contribution is 2.12. The maximum atomic E-state index is 11.1. The summed E-state index contributed by atoms with van der Waals surface area (Å²) < 4.78 is 6.50. The first kappa shape index (κ1) is 11.3. The van der Waals surface area contributed by atoms with Crippen molar-refractivity contribution in [1.82, 2.24) is 14.8 Å². The summed E-state index contributed by atoms with van der Waals surface area (Å²) in [6.07, 6.45) is 6.62. The van der Waals surface area contributed by atoms with Crippen LogP contribution in [0, 0.1) is 0 Å². The summed E-state index contributed by atoms with van der Waals surface area (Å²) >= 11 is 0. The third kappa shape index (κ3) is 2.69. The molecule has 0 aliphatic heterocycles. The van der Waals surface area contributed by atoms with Gasteiger partial charge in [0, 0.05) is 30.9 Å². The Balaban J connectivity index is 2.21. The van der Waals surface area contributed by atoms with E-state index in [1.165, 1.54) is 6.08 Å². The Hall–Kier alpha value is -2.17. The second-order valence-corrected chi connectivity index (χ2v) is 3.57. The monoisotopic (exact) mass is 231 g/mol. The van der Waals surface area contributed by atoms with Gasteiger partial charge in [0.05, 0.1) is 6.61 Å². The van der Waals surface area contributed by atoms with Gasteiger partial charge in [0.25, 0.3) is 0 Å². The summed E-state index contributed by atoms with van der Waals surface area (Å²) in [5.74, 6) is -0.348. The first-order valence-corrected chi connectivity index (χ1v) is 5.33. The fourth-order valence-corrected chi connectivity index (χ4v) is 1.50. The van der Waals surface area contributed by atoms with Crippen LogP contribution in [0.15, 0.2) is 24.5 Å². The minimum Gasteiger partial charge on any atom is -0.463 e. The smallest absolute Gasteiger partial charge is 0.330 e. The number of pyridine rings is 1. The molecular weight excluding hydrogens is 218 g/mol. The molecule has 0 radical (unpaired) electrons. The maximum Gasteiger partial charge on any atom is 0.330 e. The number of aromatic nitrogens is 3. The maximum absolute atomic E-state index is 11.1. The Kier molecular flexibility index (Phi) is 3.18. The van der Waals surface area contributed by atoms with E-state index in [2.05, 4.69) is 10.1 Å². The molecule has 5 nitrogen and oxygen atoms in total. The Morgan fingerprint density at radius 1 is 1.59 bits per heavy atom. The summed E-state index contributed by atoms with van der Waals surface area (Å²) in [7, 11) is 1.84. The predicted octanol–water partition coefficient (Wildman–Crippen LogP) is 1.54. The third-order valence-corrected chi connectivity index (χ3v) is 2.19. The van der Waals surface area contributed by atoms with E-state index in [4.69, 9.17) is 4.74 Å². The van der Waals surface area contributed by atoms with Crippen LogP contribution in [0.1, 0.15) is 12.5 Å². The van der Waals surface area contributed by atoms with Gasteiger partial charge in [-0.25, -0.2) is 9.78 Å². The number of carbonyl (C=O) groups excluding carboxylic acids is 1. The number of ether oxygens (including phenoxy) is 1. The molecule has 0 N–H and O–H groups in total. The lowest BCUT2D eigenvalue weighted by molar-refractivity contribution is -0.137. The Labute approximate surface area is 98.7 Å². The molecule has 0 aliphatic rings. The molecule has 2 rings (SSSR count). The average molecular weight is 231 g/mol. The van der Waals surface area contributed by atoms with Crippen LogP contribution >= 0.6 is 0 Å². The first-order chi connectivity index (χ1) is 8.19.